The molecule has 288 valence electrons. The molecule has 0 aromatic heterocycles. The lowest BCUT2D eigenvalue weighted by Crippen LogP contribution is -2.52. The number of rotatable bonds is 19. The first kappa shape index (κ1) is 39.5. The normalized spacial score (nSPS) is 20.8. The van der Waals surface area contributed by atoms with Crippen LogP contribution < -0.4 is 19.9 Å². The number of ether oxygens (including phenoxy) is 6. The Morgan fingerprint density at radius 2 is 1.85 bits per heavy atom. The highest BCUT2D eigenvalue weighted by Gasteiger charge is 2.44. The van der Waals surface area contributed by atoms with Crippen molar-refractivity contribution >= 4 is 22.2 Å². The Hall–Kier alpha value is -3.67. The second-order valence-corrected chi connectivity index (χ2v) is 16.1. The number of methoxy groups -OCH3 is 1. The monoisotopic (exact) mass is 748 g/mol. The number of aliphatic hydroxyl groups excluding tert-OH is 1. The molecule has 3 aliphatic rings. The number of carbonyl (C=O) groups excluding carboxylic acids is 2. The van der Waals surface area contributed by atoms with E-state index < -0.39 is 52.2 Å². The summed E-state index contributed by atoms with van der Waals surface area (Å²) in [6.07, 6.45) is -1.71. The lowest BCUT2D eigenvalue weighted by molar-refractivity contribution is -0.266. The van der Waals surface area contributed by atoms with Crippen molar-refractivity contribution in [3.63, 3.8) is 0 Å². The Balaban J connectivity index is 1.33. The number of benzene rings is 2. The Bertz CT molecular complexity index is 1590. The zero-order chi connectivity index (χ0) is 37.3. The Morgan fingerprint density at radius 1 is 1.08 bits per heavy atom. The van der Waals surface area contributed by atoms with Gasteiger partial charge in [0, 0.05) is 39.4 Å². The van der Waals surface area contributed by atoms with Gasteiger partial charge in [-0.2, -0.15) is 4.31 Å². The third-order valence-electron chi connectivity index (χ3n) is 9.64. The summed E-state index contributed by atoms with van der Waals surface area (Å²) in [5, 5.41) is 26.2. The van der Waals surface area contributed by atoms with E-state index in [0.717, 1.165) is 5.56 Å². The highest BCUT2D eigenvalue weighted by molar-refractivity contribution is 7.89. The van der Waals surface area contributed by atoms with Crippen LogP contribution in [-0.2, 0) is 35.4 Å². The number of aliphatic hydroxyl groups is 1. The molecular formula is C36H50N3O12S-. The minimum atomic E-state index is -4.22. The van der Waals surface area contributed by atoms with Crippen molar-refractivity contribution < 1.29 is 56.6 Å². The van der Waals surface area contributed by atoms with E-state index in [2.05, 4.69) is 5.32 Å². The molecule has 0 aliphatic carbocycles. The number of nitrogens with zero attached hydrogens (tertiary/aromatic N) is 2. The second-order valence-electron chi connectivity index (χ2n) is 14.2. The summed E-state index contributed by atoms with van der Waals surface area (Å²) in [5.41, 5.74) is 0.216. The summed E-state index contributed by atoms with van der Waals surface area (Å²) in [4.78, 5) is 26.0. The van der Waals surface area contributed by atoms with Gasteiger partial charge in [-0.15, -0.1) is 0 Å². The average molecular weight is 749 g/mol. The van der Waals surface area contributed by atoms with Crippen LogP contribution in [0.3, 0.4) is 0 Å². The van der Waals surface area contributed by atoms with E-state index in [9.17, 15) is 28.2 Å². The summed E-state index contributed by atoms with van der Waals surface area (Å²) in [6.45, 7) is 4.89. The molecule has 2 aromatic rings. The van der Waals surface area contributed by atoms with E-state index in [1.54, 1.807) is 0 Å². The first-order valence-corrected chi connectivity index (χ1v) is 19.1. The van der Waals surface area contributed by atoms with E-state index in [1.165, 1.54) is 34.5 Å². The maximum atomic E-state index is 14.4. The van der Waals surface area contributed by atoms with Crippen molar-refractivity contribution in [2.24, 2.45) is 11.3 Å². The number of hydrogen-bond donors (Lipinski definition) is 2. The Morgan fingerprint density at radius 3 is 2.60 bits per heavy atom. The number of carboxylic acid groups (broad SMARTS) is 1. The maximum absolute atomic E-state index is 14.4. The molecule has 0 spiro atoms. The fourth-order valence-electron chi connectivity index (χ4n) is 6.75. The van der Waals surface area contributed by atoms with Crippen molar-refractivity contribution in [3.8, 4) is 11.5 Å². The number of amides is 2. The number of alkyl carbamates (subject to hydrolysis) is 1. The van der Waals surface area contributed by atoms with Crippen LogP contribution >= 0.6 is 0 Å². The fourth-order valence-corrected chi connectivity index (χ4v) is 8.41. The summed E-state index contributed by atoms with van der Waals surface area (Å²) in [7, 11) is -2.73. The molecule has 0 saturated carbocycles. The molecule has 0 unspecified atom stereocenters. The van der Waals surface area contributed by atoms with Crippen LogP contribution in [0.1, 0.15) is 45.1 Å². The van der Waals surface area contributed by atoms with E-state index in [1.807, 2.05) is 44.2 Å². The molecule has 52 heavy (non-hydrogen) atoms. The lowest BCUT2D eigenvalue weighted by Gasteiger charge is -2.35. The molecule has 2 saturated heterocycles. The average Bonchev–Trinajstić information content (AvgIpc) is 3.86. The number of sulfonamides is 1. The molecule has 5 atom stereocenters. The molecule has 2 fully saturated rings. The summed E-state index contributed by atoms with van der Waals surface area (Å²) >= 11 is 0. The Labute approximate surface area is 305 Å². The lowest BCUT2D eigenvalue weighted by atomic mass is 9.87. The van der Waals surface area contributed by atoms with E-state index in [0.29, 0.717) is 43.8 Å². The van der Waals surface area contributed by atoms with Crippen molar-refractivity contribution in [2.75, 3.05) is 59.9 Å². The van der Waals surface area contributed by atoms with Crippen LogP contribution in [0.25, 0.3) is 0 Å². The molecular weight excluding hydrogens is 698 g/mol. The molecule has 2 aromatic carbocycles. The van der Waals surface area contributed by atoms with Gasteiger partial charge < -0.3 is 53.6 Å². The van der Waals surface area contributed by atoms with Crippen molar-refractivity contribution in [1.29, 1.82) is 0 Å². The zero-order valence-electron chi connectivity index (χ0n) is 29.9. The van der Waals surface area contributed by atoms with Gasteiger partial charge in [-0.1, -0.05) is 50.6 Å². The molecule has 3 aliphatic heterocycles. The quantitative estimate of drug-likeness (QED) is 0.200. The first-order valence-electron chi connectivity index (χ1n) is 17.6. The molecule has 2 amide bonds. The third kappa shape index (κ3) is 10.5. The molecule has 0 bridgehead atoms. The Kier molecular flexibility index (Phi) is 13.6. The molecule has 16 heteroatoms. The SMILES string of the molecule is COCCN(CCCCC(C)(C)CN(C[C@@H](O)[C@H](Cc1ccccc1)NC(=O)O[C@H]1CO[C@H]2OCC[C@H]21)S(=O)(=O)c1ccc2c(c1)OCO2)C(=O)[O-]. The predicted molar refractivity (Wildman–Crippen MR) is 185 cm³/mol. The van der Waals surface area contributed by atoms with Gasteiger partial charge in [-0.05, 0) is 48.8 Å². The molecule has 5 rings (SSSR count). The minimum Gasteiger partial charge on any atom is -0.530 e. The minimum absolute atomic E-state index is 0.0136. The van der Waals surface area contributed by atoms with Crippen LogP contribution in [0.15, 0.2) is 53.4 Å². The van der Waals surface area contributed by atoms with Crippen LogP contribution in [0.2, 0.25) is 0 Å². The van der Waals surface area contributed by atoms with Gasteiger partial charge in [-0.3, -0.25) is 0 Å². The molecule has 3 heterocycles. The highest BCUT2D eigenvalue weighted by Crippen LogP contribution is 2.36. The van der Waals surface area contributed by atoms with Gasteiger partial charge in [0.15, 0.2) is 17.8 Å². The van der Waals surface area contributed by atoms with Gasteiger partial charge in [-0.25, -0.2) is 13.2 Å². The first-order chi connectivity index (χ1) is 24.9. The van der Waals surface area contributed by atoms with Gasteiger partial charge in [0.05, 0.1) is 42.8 Å². The van der Waals surface area contributed by atoms with Gasteiger partial charge in [0.25, 0.3) is 0 Å². The standard InChI is InChI=1S/C36H51N3O12S/c1-36(2,14-7-8-15-38(35(42)43)16-18-46-3)23-39(52(44,45)26-11-12-30-31(20-26)50-24-49-30)21-29(40)28(19-25-9-5-4-6-10-25)37-34(41)51-32-22-48-33-27(32)13-17-47-33/h4-6,9-12,20,27-29,32-33,40H,7-8,13-19,21-24H2,1-3H3,(H,37,41)(H,42,43)/p-1/t27-,28-,29+,32-,33+/m0/s1. The van der Waals surface area contributed by atoms with Gasteiger partial charge in [0.2, 0.25) is 16.8 Å². The number of fused-ring (bicyclic) bond motifs is 2. The van der Waals surface area contributed by atoms with Crippen molar-refractivity contribution in [3.05, 3.63) is 54.1 Å². The number of carbonyl (C=O) groups is 2. The van der Waals surface area contributed by atoms with Crippen LogP contribution in [0.5, 0.6) is 11.5 Å². The van der Waals surface area contributed by atoms with Crippen LogP contribution in [0, 0.1) is 11.3 Å². The van der Waals surface area contributed by atoms with Crippen molar-refractivity contribution in [1.82, 2.24) is 14.5 Å². The summed E-state index contributed by atoms with van der Waals surface area (Å²) in [5.74, 6) is 0.640. The summed E-state index contributed by atoms with van der Waals surface area (Å²) < 4.78 is 62.7. The molecule has 15 nitrogen and oxygen atoms in total. The predicted octanol–water partition coefficient (Wildman–Crippen LogP) is 2.35. The number of nitrogens with one attached hydrogen (secondary N) is 1. The fraction of sp³-hybridized carbons (Fsp3) is 0.611. The highest BCUT2D eigenvalue weighted by atomic mass is 32.2. The van der Waals surface area contributed by atoms with Crippen LogP contribution in [0.4, 0.5) is 9.59 Å². The van der Waals surface area contributed by atoms with Crippen LogP contribution in [-0.4, -0.2) is 119 Å². The van der Waals surface area contributed by atoms with E-state index >= 15 is 0 Å². The molecule has 2 N–H and O–H groups in total. The second kappa shape index (κ2) is 17.9. The largest absolute Gasteiger partial charge is 0.530 e. The van der Waals surface area contributed by atoms with Gasteiger partial charge in [0.1, 0.15) is 12.2 Å². The van der Waals surface area contributed by atoms with E-state index in [-0.39, 0.29) is 63.4 Å². The molecule has 0 radical (unpaired) electrons. The zero-order valence-corrected chi connectivity index (χ0v) is 30.8. The number of unbranched alkanes of at least 4 members (excludes halogenated alkanes) is 1. The van der Waals surface area contributed by atoms with E-state index in [4.69, 9.17) is 28.4 Å². The third-order valence-corrected chi connectivity index (χ3v) is 11.4. The topological polar surface area (TPSA) is 185 Å². The summed E-state index contributed by atoms with van der Waals surface area (Å²) in [6, 6.07) is 12.7. The van der Waals surface area contributed by atoms with Crippen molar-refractivity contribution in [2.45, 2.75) is 75.4 Å². The maximum Gasteiger partial charge on any atom is 0.407 e. The number of hydrogen-bond acceptors (Lipinski definition) is 12. The van der Waals surface area contributed by atoms with Gasteiger partial charge >= 0.3 is 6.09 Å². The smallest absolute Gasteiger partial charge is 0.407 e.